The van der Waals surface area contributed by atoms with E-state index in [-0.39, 0.29) is 0 Å². The van der Waals surface area contributed by atoms with Gasteiger partial charge >= 0.3 is 5.97 Å². The number of rotatable bonds is 4. The number of nitrogens with zero attached hydrogens (tertiary/aromatic N) is 1. The van der Waals surface area contributed by atoms with Gasteiger partial charge in [-0.05, 0) is 44.2 Å². The lowest BCUT2D eigenvalue weighted by molar-refractivity contribution is -0.147. The van der Waals surface area contributed by atoms with E-state index < -0.39 is 11.4 Å². The van der Waals surface area contributed by atoms with Crippen molar-refractivity contribution in [1.82, 2.24) is 4.90 Å². The zero-order valence-electron chi connectivity index (χ0n) is 12.4. The predicted octanol–water partition coefficient (Wildman–Crippen LogP) is 4.01. The molecular formula is C17H18BrNO3. The Morgan fingerprint density at radius 2 is 2.23 bits per heavy atom. The molecule has 2 heterocycles. The van der Waals surface area contributed by atoms with Crippen molar-refractivity contribution in [2.75, 3.05) is 13.1 Å². The molecule has 1 fully saturated rings. The number of furan rings is 1. The highest BCUT2D eigenvalue weighted by atomic mass is 79.9. The third-order valence-electron chi connectivity index (χ3n) is 4.22. The van der Waals surface area contributed by atoms with Crippen LogP contribution in [0.3, 0.4) is 0 Å². The Hall–Kier alpha value is -1.59. The lowest BCUT2D eigenvalue weighted by Crippen LogP contribution is -2.31. The summed E-state index contributed by atoms with van der Waals surface area (Å²) < 4.78 is 6.92. The Bertz CT molecular complexity index is 697. The molecule has 1 aliphatic heterocycles. The van der Waals surface area contributed by atoms with Crippen LogP contribution in [0.5, 0.6) is 0 Å². The molecule has 4 nitrogen and oxygen atoms in total. The standard InChI is InChI=1S/C17H18BrNO3/c1-17(16(20)21)7-8-19(11-17)10-14-5-6-15(22-14)12-3-2-4-13(18)9-12/h2-6,9H,7-8,10-11H2,1H3,(H,20,21). The van der Waals surface area contributed by atoms with Gasteiger partial charge in [-0.15, -0.1) is 0 Å². The zero-order chi connectivity index (χ0) is 15.7. The number of carboxylic acids is 1. The summed E-state index contributed by atoms with van der Waals surface area (Å²) in [6, 6.07) is 11.9. The van der Waals surface area contributed by atoms with E-state index in [1.54, 1.807) is 0 Å². The van der Waals surface area contributed by atoms with Crippen molar-refractivity contribution in [1.29, 1.82) is 0 Å². The third kappa shape index (κ3) is 3.10. The molecule has 0 radical (unpaired) electrons. The summed E-state index contributed by atoms with van der Waals surface area (Å²) in [6.07, 6.45) is 0.682. The predicted molar refractivity (Wildman–Crippen MR) is 87.5 cm³/mol. The molecule has 1 aromatic heterocycles. The van der Waals surface area contributed by atoms with Gasteiger partial charge in [0.1, 0.15) is 11.5 Å². The molecule has 1 unspecified atom stereocenters. The van der Waals surface area contributed by atoms with Crippen LogP contribution < -0.4 is 0 Å². The molecule has 5 heteroatoms. The Kier molecular flexibility index (Phi) is 4.10. The number of carboxylic acid groups (broad SMARTS) is 1. The quantitative estimate of drug-likeness (QED) is 0.891. The number of halogens is 1. The smallest absolute Gasteiger partial charge is 0.310 e. The van der Waals surface area contributed by atoms with E-state index in [0.717, 1.165) is 28.1 Å². The fourth-order valence-electron chi connectivity index (χ4n) is 2.85. The average molecular weight is 364 g/mol. The van der Waals surface area contributed by atoms with E-state index in [1.165, 1.54) is 0 Å². The highest BCUT2D eigenvalue weighted by molar-refractivity contribution is 9.10. The number of hydrogen-bond acceptors (Lipinski definition) is 3. The summed E-state index contributed by atoms with van der Waals surface area (Å²) in [5, 5.41) is 9.28. The second-order valence-corrected chi connectivity index (χ2v) is 7.02. The van der Waals surface area contributed by atoms with Crippen LogP contribution >= 0.6 is 15.9 Å². The van der Waals surface area contributed by atoms with Crippen LogP contribution in [-0.4, -0.2) is 29.1 Å². The van der Waals surface area contributed by atoms with Crippen molar-refractivity contribution in [2.45, 2.75) is 19.9 Å². The van der Waals surface area contributed by atoms with E-state index in [1.807, 2.05) is 43.3 Å². The molecule has 0 amide bonds. The van der Waals surface area contributed by atoms with E-state index in [4.69, 9.17) is 4.42 Å². The maximum atomic E-state index is 11.3. The number of hydrogen-bond donors (Lipinski definition) is 1. The van der Waals surface area contributed by atoms with Crippen molar-refractivity contribution in [3.05, 3.63) is 46.6 Å². The normalized spacial score (nSPS) is 22.1. The molecule has 116 valence electrons. The SMILES string of the molecule is CC1(C(=O)O)CCN(Cc2ccc(-c3cccc(Br)c3)o2)C1. The van der Waals surface area contributed by atoms with Crippen LogP contribution in [0.1, 0.15) is 19.1 Å². The van der Waals surface area contributed by atoms with Crippen molar-refractivity contribution in [3.8, 4) is 11.3 Å². The highest BCUT2D eigenvalue weighted by Crippen LogP contribution is 2.32. The fourth-order valence-corrected chi connectivity index (χ4v) is 3.25. The minimum Gasteiger partial charge on any atom is -0.481 e. The Labute approximate surface area is 137 Å². The zero-order valence-corrected chi connectivity index (χ0v) is 14.0. The van der Waals surface area contributed by atoms with Crippen LogP contribution in [0.25, 0.3) is 11.3 Å². The van der Waals surface area contributed by atoms with Gasteiger partial charge in [0.05, 0.1) is 12.0 Å². The molecule has 0 bridgehead atoms. The van der Waals surface area contributed by atoms with Gasteiger partial charge in [-0.1, -0.05) is 28.1 Å². The van der Waals surface area contributed by atoms with Crippen molar-refractivity contribution < 1.29 is 14.3 Å². The lowest BCUT2D eigenvalue weighted by Gasteiger charge is -2.19. The van der Waals surface area contributed by atoms with Crippen molar-refractivity contribution >= 4 is 21.9 Å². The summed E-state index contributed by atoms with van der Waals surface area (Å²) in [4.78, 5) is 13.4. The van der Waals surface area contributed by atoms with Crippen LogP contribution in [-0.2, 0) is 11.3 Å². The molecule has 22 heavy (non-hydrogen) atoms. The topological polar surface area (TPSA) is 53.7 Å². The Morgan fingerprint density at radius 1 is 1.41 bits per heavy atom. The van der Waals surface area contributed by atoms with Crippen LogP contribution in [0.4, 0.5) is 0 Å². The summed E-state index contributed by atoms with van der Waals surface area (Å²) in [5.41, 5.74) is 0.386. The van der Waals surface area contributed by atoms with Crippen molar-refractivity contribution in [3.63, 3.8) is 0 Å². The van der Waals surface area contributed by atoms with Gasteiger partial charge in [-0.2, -0.15) is 0 Å². The highest BCUT2D eigenvalue weighted by Gasteiger charge is 2.40. The first-order chi connectivity index (χ1) is 10.5. The first-order valence-corrected chi connectivity index (χ1v) is 8.06. The van der Waals surface area contributed by atoms with Gasteiger partial charge < -0.3 is 9.52 Å². The molecule has 1 aliphatic rings. The molecule has 1 atom stereocenters. The van der Waals surface area contributed by atoms with Gasteiger partial charge in [0, 0.05) is 16.6 Å². The molecule has 2 aromatic rings. The first-order valence-electron chi connectivity index (χ1n) is 7.27. The van der Waals surface area contributed by atoms with E-state index in [2.05, 4.69) is 20.8 Å². The Morgan fingerprint density at radius 3 is 2.91 bits per heavy atom. The number of carbonyl (C=O) groups is 1. The van der Waals surface area contributed by atoms with E-state index >= 15 is 0 Å². The molecular weight excluding hydrogens is 346 g/mol. The summed E-state index contributed by atoms with van der Waals surface area (Å²) >= 11 is 3.46. The molecule has 0 aliphatic carbocycles. The third-order valence-corrected chi connectivity index (χ3v) is 4.71. The first kappa shape index (κ1) is 15.3. The molecule has 1 aromatic carbocycles. The van der Waals surface area contributed by atoms with Crippen LogP contribution in [0, 0.1) is 5.41 Å². The van der Waals surface area contributed by atoms with Gasteiger partial charge in [-0.25, -0.2) is 0 Å². The second kappa shape index (κ2) is 5.89. The second-order valence-electron chi connectivity index (χ2n) is 6.10. The van der Waals surface area contributed by atoms with Gasteiger partial charge in [0.2, 0.25) is 0 Å². The van der Waals surface area contributed by atoms with Gasteiger partial charge in [0.25, 0.3) is 0 Å². The monoisotopic (exact) mass is 363 g/mol. The maximum absolute atomic E-state index is 11.3. The van der Waals surface area contributed by atoms with Gasteiger partial charge in [-0.3, -0.25) is 9.69 Å². The fraction of sp³-hybridized carbons (Fsp3) is 0.353. The Balaban J connectivity index is 1.69. The average Bonchev–Trinajstić information content (AvgIpc) is 3.07. The minimum absolute atomic E-state index is 0.565. The lowest BCUT2D eigenvalue weighted by atomic mass is 9.90. The molecule has 0 spiro atoms. The van der Waals surface area contributed by atoms with Crippen LogP contribution in [0.15, 0.2) is 45.3 Å². The number of likely N-dealkylation sites (tertiary alicyclic amines) is 1. The number of aliphatic carboxylic acids is 1. The number of benzene rings is 1. The molecule has 1 saturated heterocycles. The molecule has 0 saturated carbocycles. The van der Waals surface area contributed by atoms with E-state index in [0.29, 0.717) is 19.5 Å². The van der Waals surface area contributed by atoms with Crippen molar-refractivity contribution in [2.24, 2.45) is 5.41 Å². The summed E-state index contributed by atoms with van der Waals surface area (Å²) in [6.45, 7) is 3.81. The summed E-state index contributed by atoms with van der Waals surface area (Å²) in [5.74, 6) is 0.977. The van der Waals surface area contributed by atoms with E-state index in [9.17, 15) is 9.90 Å². The summed E-state index contributed by atoms with van der Waals surface area (Å²) in [7, 11) is 0. The van der Waals surface area contributed by atoms with Crippen LogP contribution in [0.2, 0.25) is 0 Å². The molecule has 3 rings (SSSR count). The van der Waals surface area contributed by atoms with Gasteiger partial charge in [0.15, 0.2) is 0 Å². The largest absolute Gasteiger partial charge is 0.481 e. The molecule has 1 N–H and O–H groups in total. The maximum Gasteiger partial charge on any atom is 0.310 e. The minimum atomic E-state index is -0.718.